The minimum atomic E-state index is 0.574. The molecular weight excluding hydrogens is 256 g/mol. The summed E-state index contributed by atoms with van der Waals surface area (Å²) in [5.74, 6) is 0.607. The van der Waals surface area contributed by atoms with E-state index in [1.54, 1.807) is 5.57 Å². The summed E-state index contributed by atoms with van der Waals surface area (Å²) in [6, 6.07) is 4.92. The molecule has 0 saturated carbocycles. The van der Waals surface area contributed by atoms with Crippen LogP contribution < -0.4 is 5.32 Å². The van der Waals surface area contributed by atoms with E-state index in [1.807, 2.05) is 6.20 Å². The van der Waals surface area contributed by atoms with Gasteiger partial charge in [0.15, 0.2) is 0 Å². The van der Waals surface area contributed by atoms with E-state index >= 15 is 0 Å². The highest BCUT2D eigenvalue weighted by Gasteiger charge is 2.31. The van der Waals surface area contributed by atoms with Gasteiger partial charge in [-0.15, -0.1) is 0 Å². The lowest BCUT2D eigenvalue weighted by atomic mass is 9.87. The monoisotopic (exact) mass is 284 g/mol. The average molecular weight is 284 g/mol. The van der Waals surface area contributed by atoms with Crippen molar-refractivity contribution in [2.24, 2.45) is 0 Å². The summed E-state index contributed by atoms with van der Waals surface area (Å²) in [5.41, 5.74) is 4.52. The Labute approximate surface area is 129 Å². The van der Waals surface area contributed by atoms with Crippen molar-refractivity contribution in [2.75, 3.05) is 6.54 Å². The molecule has 1 heterocycles. The summed E-state index contributed by atoms with van der Waals surface area (Å²) in [5, 5.41) is 3.82. The van der Waals surface area contributed by atoms with E-state index in [4.69, 9.17) is 4.98 Å². The third-order valence-electron chi connectivity index (χ3n) is 5.01. The molecule has 0 fully saturated rings. The third-order valence-corrected chi connectivity index (χ3v) is 5.01. The van der Waals surface area contributed by atoms with Crippen LogP contribution in [-0.2, 0) is 6.42 Å². The van der Waals surface area contributed by atoms with Gasteiger partial charge in [0.1, 0.15) is 0 Å². The SMILES string of the molecule is CCCNC(CC1=CCCCC1)C1CCc2cccnc21. The second kappa shape index (κ2) is 7.22. The van der Waals surface area contributed by atoms with Crippen LogP contribution in [-0.4, -0.2) is 17.6 Å². The first-order valence-corrected chi connectivity index (χ1v) is 8.73. The van der Waals surface area contributed by atoms with Crippen LogP contribution in [0.5, 0.6) is 0 Å². The van der Waals surface area contributed by atoms with Crippen molar-refractivity contribution in [3.63, 3.8) is 0 Å². The molecule has 2 aliphatic carbocycles. The average Bonchev–Trinajstić information content (AvgIpc) is 2.96. The van der Waals surface area contributed by atoms with Crippen LogP contribution in [0.2, 0.25) is 0 Å². The molecule has 0 amide bonds. The summed E-state index contributed by atoms with van der Waals surface area (Å²) in [6.45, 7) is 3.38. The normalized spacial score (nSPS) is 22.7. The molecule has 0 aromatic carbocycles. The van der Waals surface area contributed by atoms with Crippen molar-refractivity contribution >= 4 is 0 Å². The number of rotatable bonds is 6. The van der Waals surface area contributed by atoms with Crippen LogP contribution in [0, 0.1) is 0 Å². The van der Waals surface area contributed by atoms with Gasteiger partial charge in [-0.3, -0.25) is 4.98 Å². The van der Waals surface area contributed by atoms with Gasteiger partial charge in [-0.1, -0.05) is 24.6 Å². The first-order valence-electron chi connectivity index (χ1n) is 8.73. The van der Waals surface area contributed by atoms with Crippen molar-refractivity contribution in [3.8, 4) is 0 Å². The lowest BCUT2D eigenvalue weighted by Gasteiger charge is -2.27. The zero-order valence-corrected chi connectivity index (χ0v) is 13.3. The number of fused-ring (bicyclic) bond motifs is 1. The number of aromatic nitrogens is 1. The minimum Gasteiger partial charge on any atom is -0.313 e. The Bertz CT molecular complexity index is 492. The Hall–Kier alpha value is -1.15. The first kappa shape index (κ1) is 14.8. The zero-order valence-electron chi connectivity index (χ0n) is 13.3. The molecule has 2 heteroatoms. The number of nitrogens with zero attached hydrogens (tertiary/aromatic N) is 1. The Balaban J connectivity index is 1.74. The van der Waals surface area contributed by atoms with Gasteiger partial charge < -0.3 is 5.32 Å². The molecule has 0 saturated heterocycles. The largest absolute Gasteiger partial charge is 0.313 e. The van der Waals surface area contributed by atoms with Gasteiger partial charge in [0.2, 0.25) is 0 Å². The van der Waals surface area contributed by atoms with Crippen molar-refractivity contribution in [1.82, 2.24) is 10.3 Å². The molecular formula is C19H28N2. The van der Waals surface area contributed by atoms with E-state index in [1.165, 1.54) is 62.6 Å². The van der Waals surface area contributed by atoms with Gasteiger partial charge in [-0.2, -0.15) is 0 Å². The van der Waals surface area contributed by atoms with Crippen molar-refractivity contribution in [2.45, 2.75) is 70.3 Å². The molecule has 3 rings (SSSR count). The molecule has 114 valence electrons. The standard InChI is InChI=1S/C19H28N2/c1-2-12-20-18(14-15-7-4-3-5-8-15)17-11-10-16-9-6-13-21-19(16)17/h6-7,9,13,17-18,20H,2-5,8,10-12,14H2,1H3. The zero-order chi connectivity index (χ0) is 14.5. The molecule has 1 aromatic heterocycles. The minimum absolute atomic E-state index is 0.574. The van der Waals surface area contributed by atoms with Crippen LogP contribution in [0.25, 0.3) is 0 Å². The Morgan fingerprint density at radius 1 is 1.33 bits per heavy atom. The number of hydrogen-bond donors (Lipinski definition) is 1. The maximum atomic E-state index is 4.70. The Morgan fingerprint density at radius 3 is 3.10 bits per heavy atom. The molecule has 1 N–H and O–H groups in total. The fraction of sp³-hybridized carbons (Fsp3) is 0.632. The van der Waals surface area contributed by atoms with Crippen LogP contribution >= 0.6 is 0 Å². The molecule has 0 radical (unpaired) electrons. The molecule has 2 unspecified atom stereocenters. The van der Waals surface area contributed by atoms with E-state index in [-0.39, 0.29) is 0 Å². The van der Waals surface area contributed by atoms with Crippen LogP contribution in [0.4, 0.5) is 0 Å². The van der Waals surface area contributed by atoms with Crippen LogP contribution in [0.3, 0.4) is 0 Å². The van der Waals surface area contributed by atoms with Crippen LogP contribution in [0.15, 0.2) is 30.0 Å². The highest BCUT2D eigenvalue weighted by atomic mass is 14.9. The number of pyridine rings is 1. The van der Waals surface area contributed by atoms with Gasteiger partial charge in [-0.05, 0) is 69.5 Å². The number of hydrogen-bond acceptors (Lipinski definition) is 2. The molecule has 0 spiro atoms. The molecule has 0 bridgehead atoms. The summed E-state index contributed by atoms with van der Waals surface area (Å²) >= 11 is 0. The summed E-state index contributed by atoms with van der Waals surface area (Å²) < 4.78 is 0. The highest BCUT2D eigenvalue weighted by Crippen LogP contribution is 2.36. The Kier molecular flexibility index (Phi) is 5.08. The number of nitrogens with one attached hydrogen (secondary N) is 1. The second-order valence-corrected chi connectivity index (χ2v) is 6.57. The van der Waals surface area contributed by atoms with Gasteiger partial charge in [0.05, 0.1) is 0 Å². The van der Waals surface area contributed by atoms with Gasteiger partial charge in [-0.25, -0.2) is 0 Å². The highest BCUT2D eigenvalue weighted by molar-refractivity contribution is 5.30. The summed E-state index contributed by atoms with van der Waals surface area (Å²) in [6.07, 6.45) is 14.7. The second-order valence-electron chi connectivity index (χ2n) is 6.57. The fourth-order valence-electron chi connectivity index (χ4n) is 3.89. The van der Waals surface area contributed by atoms with Crippen molar-refractivity contribution < 1.29 is 0 Å². The van der Waals surface area contributed by atoms with Crippen molar-refractivity contribution in [1.29, 1.82) is 0 Å². The van der Waals surface area contributed by atoms with Gasteiger partial charge >= 0.3 is 0 Å². The first-order chi connectivity index (χ1) is 10.4. The summed E-state index contributed by atoms with van der Waals surface area (Å²) in [4.78, 5) is 4.70. The molecule has 21 heavy (non-hydrogen) atoms. The maximum absolute atomic E-state index is 4.70. The third kappa shape index (κ3) is 3.55. The quantitative estimate of drug-likeness (QED) is 0.785. The maximum Gasteiger partial charge on any atom is 0.0482 e. The topological polar surface area (TPSA) is 24.9 Å². The molecule has 1 aromatic rings. The molecule has 2 atom stereocenters. The molecule has 0 aliphatic heterocycles. The van der Waals surface area contributed by atoms with Gasteiger partial charge in [0, 0.05) is 23.9 Å². The lowest BCUT2D eigenvalue weighted by molar-refractivity contribution is 0.413. The van der Waals surface area contributed by atoms with E-state index in [0.29, 0.717) is 12.0 Å². The van der Waals surface area contributed by atoms with Crippen molar-refractivity contribution in [3.05, 3.63) is 41.2 Å². The van der Waals surface area contributed by atoms with E-state index < -0.39 is 0 Å². The van der Waals surface area contributed by atoms with Crippen LogP contribution in [0.1, 0.15) is 69.0 Å². The molecule has 2 nitrogen and oxygen atoms in total. The predicted octanol–water partition coefficient (Wildman–Crippen LogP) is 4.37. The number of allylic oxidation sites excluding steroid dienone is 1. The number of aryl methyl sites for hydroxylation is 1. The van der Waals surface area contributed by atoms with E-state index in [0.717, 1.165) is 6.54 Å². The molecule has 2 aliphatic rings. The summed E-state index contributed by atoms with van der Waals surface area (Å²) in [7, 11) is 0. The predicted molar refractivity (Wildman–Crippen MR) is 88.5 cm³/mol. The van der Waals surface area contributed by atoms with E-state index in [9.17, 15) is 0 Å². The fourth-order valence-corrected chi connectivity index (χ4v) is 3.89. The lowest BCUT2D eigenvalue weighted by Crippen LogP contribution is -2.35. The van der Waals surface area contributed by atoms with E-state index in [2.05, 4.69) is 30.4 Å². The smallest absolute Gasteiger partial charge is 0.0482 e. The Morgan fingerprint density at radius 2 is 2.29 bits per heavy atom. The van der Waals surface area contributed by atoms with Gasteiger partial charge in [0.25, 0.3) is 0 Å².